The summed E-state index contributed by atoms with van der Waals surface area (Å²) in [4.78, 5) is 0. The quantitative estimate of drug-likeness (QED) is 0.897. The van der Waals surface area contributed by atoms with E-state index in [9.17, 15) is 4.39 Å². The van der Waals surface area contributed by atoms with Gasteiger partial charge in [0, 0.05) is 0 Å². The van der Waals surface area contributed by atoms with E-state index in [2.05, 4.69) is 18.2 Å². The van der Waals surface area contributed by atoms with E-state index >= 15 is 0 Å². The van der Waals surface area contributed by atoms with E-state index in [-0.39, 0.29) is 10.8 Å². The highest BCUT2D eigenvalue weighted by molar-refractivity contribution is 6.30. The first-order valence-electron chi connectivity index (χ1n) is 5.91. The smallest absolute Gasteiger partial charge is 0.141 e. The van der Waals surface area contributed by atoms with Gasteiger partial charge in [0.2, 0.25) is 0 Å². The maximum Gasteiger partial charge on any atom is 0.141 e. The Balaban J connectivity index is 2.17. The third-order valence-corrected chi connectivity index (χ3v) is 3.11. The van der Waals surface area contributed by atoms with Crippen LogP contribution in [0.4, 0.5) is 4.39 Å². The van der Waals surface area contributed by atoms with Crippen molar-refractivity contribution in [1.82, 2.24) is 0 Å². The maximum atomic E-state index is 13.1. The summed E-state index contributed by atoms with van der Waals surface area (Å²) in [5.41, 5.74) is 8.96. The van der Waals surface area contributed by atoms with Gasteiger partial charge in [0.25, 0.3) is 0 Å². The lowest BCUT2D eigenvalue weighted by Crippen LogP contribution is -2.03. The fourth-order valence-corrected chi connectivity index (χ4v) is 2.15. The molecule has 2 aromatic rings. The van der Waals surface area contributed by atoms with Gasteiger partial charge in [-0.1, -0.05) is 41.9 Å². The summed E-state index contributed by atoms with van der Waals surface area (Å²) >= 11 is 5.77. The summed E-state index contributed by atoms with van der Waals surface area (Å²) in [6, 6.07) is 13.1. The van der Waals surface area contributed by atoms with Crippen LogP contribution in [-0.2, 0) is 12.8 Å². The second kappa shape index (κ2) is 5.98. The Morgan fingerprint density at radius 3 is 2.44 bits per heavy atom. The number of rotatable bonds is 4. The molecule has 18 heavy (non-hydrogen) atoms. The van der Waals surface area contributed by atoms with Gasteiger partial charge < -0.3 is 5.73 Å². The van der Waals surface area contributed by atoms with Crippen LogP contribution in [0.1, 0.15) is 16.7 Å². The van der Waals surface area contributed by atoms with Crippen LogP contribution in [0.5, 0.6) is 0 Å². The average Bonchev–Trinajstić information content (AvgIpc) is 2.35. The Kier molecular flexibility index (Phi) is 4.34. The van der Waals surface area contributed by atoms with Crippen LogP contribution in [0.15, 0.2) is 42.5 Å². The normalized spacial score (nSPS) is 10.6. The molecule has 0 aliphatic rings. The molecule has 0 saturated carbocycles. The number of hydrogen-bond acceptors (Lipinski definition) is 1. The second-order valence-electron chi connectivity index (χ2n) is 4.28. The summed E-state index contributed by atoms with van der Waals surface area (Å²) in [5.74, 6) is -0.378. The van der Waals surface area contributed by atoms with Crippen LogP contribution >= 0.6 is 11.6 Å². The summed E-state index contributed by atoms with van der Waals surface area (Å²) in [6.45, 7) is 0.645. The van der Waals surface area contributed by atoms with Crippen LogP contribution < -0.4 is 5.73 Å². The molecule has 0 amide bonds. The van der Waals surface area contributed by atoms with Crippen LogP contribution in [-0.4, -0.2) is 6.54 Å². The first kappa shape index (κ1) is 13.1. The molecule has 0 unspecified atom stereocenters. The molecule has 0 atom stereocenters. The van der Waals surface area contributed by atoms with E-state index in [1.165, 1.54) is 17.2 Å². The first-order chi connectivity index (χ1) is 8.69. The minimum absolute atomic E-state index is 0.172. The molecule has 0 spiro atoms. The molecule has 0 saturated heterocycles. The highest BCUT2D eigenvalue weighted by Crippen LogP contribution is 2.19. The molecular formula is C15H15ClFN. The summed E-state index contributed by atoms with van der Waals surface area (Å²) < 4.78 is 13.1. The molecule has 0 fully saturated rings. The van der Waals surface area contributed by atoms with Gasteiger partial charge in [-0.05, 0) is 48.2 Å². The number of benzene rings is 2. The standard InChI is InChI=1S/C15H15ClFN/c16-14-10-13(4-5-15(14)17)9-12-3-1-2-11(8-12)6-7-18/h1-5,8,10H,6-7,9,18H2. The number of halogens is 2. The van der Waals surface area contributed by atoms with Gasteiger partial charge in [-0.3, -0.25) is 0 Å². The Hall–Kier alpha value is -1.38. The Morgan fingerprint density at radius 1 is 1.00 bits per heavy atom. The highest BCUT2D eigenvalue weighted by atomic mass is 35.5. The third-order valence-electron chi connectivity index (χ3n) is 2.82. The highest BCUT2D eigenvalue weighted by Gasteiger charge is 2.02. The van der Waals surface area contributed by atoms with E-state index in [1.807, 2.05) is 6.07 Å². The molecule has 0 heterocycles. The molecule has 0 aromatic heterocycles. The molecule has 2 aromatic carbocycles. The van der Waals surface area contributed by atoms with Gasteiger partial charge in [-0.15, -0.1) is 0 Å². The van der Waals surface area contributed by atoms with Crippen molar-refractivity contribution in [1.29, 1.82) is 0 Å². The Morgan fingerprint density at radius 2 is 1.72 bits per heavy atom. The predicted molar refractivity (Wildman–Crippen MR) is 73.4 cm³/mol. The van der Waals surface area contributed by atoms with Gasteiger partial charge in [0.1, 0.15) is 5.82 Å². The fourth-order valence-electron chi connectivity index (χ4n) is 1.95. The van der Waals surface area contributed by atoms with Crippen molar-refractivity contribution in [3.05, 3.63) is 70.0 Å². The van der Waals surface area contributed by atoms with Crippen LogP contribution in [0.3, 0.4) is 0 Å². The lowest BCUT2D eigenvalue weighted by atomic mass is 10.0. The van der Waals surface area contributed by atoms with E-state index in [0.717, 1.165) is 18.4 Å². The zero-order valence-electron chi connectivity index (χ0n) is 10.00. The summed E-state index contributed by atoms with van der Waals surface area (Å²) in [7, 11) is 0. The van der Waals surface area contributed by atoms with Crippen molar-refractivity contribution in [2.24, 2.45) is 5.73 Å². The van der Waals surface area contributed by atoms with Gasteiger partial charge in [-0.25, -0.2) is 4.39 Å². The van der Waals surface area contributed by atoms with Crippen LogP contribution in [0.25, 0.3) is 0 Å². The molecule has 1 nitrogen and oxygen atoms in total. The minimum atomic E-state index is -0.378. The Bertz CT molecular complexity index is 540. The van der Waals surface area contributed by atoms with Crippen molar-refractivity contribution >= 4 is 11.6 Å². The van der Waals surface area contributed by atoms with E-state index in [1.54, 1.807) is 12.1 Å². The van der Waals surface area contributed by atoms with Crippen molar-refractivity contribution in [2.75, 3.05) is 6.54 Å². The van der Waals surface area contributed by atoms with Gasteiger partial charge in [-0.2, -0.15) is 0 Å². The lowest BCUT2D eigenvalue weighted by molar-refractivity contribution is 0.627. The fraction of sp³-hybridized carbons (Fsp3) is 0.200. The van der Waals surface area contributed by atoms with Gasteiger partial charge >= 0.3 is 0 Å². The molecule has 0 aliphatic carbocycles. The van der Waals surface area contributed by atoms with E-state index in [0.29, 0.717) is 6.54 Å². The van der Waals surface area contributed by atoms with Gasteiger partial charge in [0.15, 0.2) is 0 Å². The molecule has 2 rings (SSSR count). The topological polar surface area (TPSA) is 26.0 Å². The SMILES string of the molecule is NCCc1cccc(Cc2ccc(F)c(Cl)c2)c1. The van der Waals surface area contributed by atoms with E-state index in [4.69, 9.17) is 17.3 Å². The zero-order chi connectivity index (χ0) is 13.0. The monoisotopic (exact) mass is 263 g/mol. The lowest BCUT2D eigenvalue weighted by Gasteiger charge is -2.05. The molecule has 0 bridgehead atoms. The minimum Gasteiger partial charge on any atom is -0.330 e. The Labute approximate surface area is 111 Å². The van der Waals surface area contributed by atoms with Crippen LogP contribution in [0.2, 0.25) is 5.02 Å². The molecule has 3 heteroatoms. The molecule has 94 valence electrons. The maximum absolute atomic E-state index is 13.1. The molecular weight excluding hydrogens is 249 g/mol. The summed E-state index contributed by atoms with van der Waals surface area (Å²) in [6.07, 6.45) is 1.62. The van der Waals surface area contributed by atoms with Crippen LogP contribution in [0, 0.1) is 5.82 Å². The predicted octanol–water partition coefficient (Wildman–Crippen LogP) is 3.57. The largest absolute Gasteiger partial charge is 0.330 e. The molecule has 0 radical (unpaired) electrons. The number of hydrogen-bond donors (Lipinski definition) is 1. The van der Waals surface area contributed by atoms with Crippen molar-refractivity contribution in [3.8, 4) is 0 Å². The molecule has 2 N–H and O–H groups in total. The average molecular weight is 264 g/mol. The zero-order valence-corrected chi connectivity index (χ0v) is 10.8. The second-order valence-corrected chi connectivity index (χ2v) is 4.69. The van der Waals surface area contributed by atoms with Crippen molar-refractivity contribution in [2.45, 2.75) is 12.8 Å². The van der Waals surface area contributed by atoms with Crippen molar-refractivity contribution in [3.63, 3.8) is 0 Å². The molecule has 0 aliphatic heterocycles. The van der Waals surface area contributed by atoms with Crippen molar-refractivity contribution < 1.29 is 4.39 Å². The first-order valence-corrected chi connectivity index (χ1v) is 6.28. The van der Waals surface area contributed by atoms with E-state index < -0.39 is 0 Å². The van der Waals surface area contributed by atoms with Gasteiger partial charge in [0.05, 0.1) is 5.02 Å². The number of nitrogens with two attached hydrogens (primary N) is 1. The summed E-state index contributed by atoms with van der Waals surface area (Å²) in [5, 5.41) is 0.172. The third kappa shape index (κ3) is 3.31.